The van der Waals surface area contributed by atoms with E-state index in [9.17, 15) is 9.59 Å². The van der Waals surface area contributed by atoms with Crippen LogP contribution in [0.15, 0.2) is 11.5 Å². The average Bonchev–Trinajstić information content (AvgIpc) is 2.43. The lowest BCUT2D eigenvalue weighted by atomic mass is 10.2. The van der Waals surface area contributed by atoms with Crippen molar-refractivity contribution in [3.05, 3.63) is 11.5 Å². The van der Waals surface area contributed by atoms with Crippen LogP contribution in [0.2, 0.25) is 0 Å². The zero-order valence-electron chi connectivity index (χ0n) is 7.13. The average molecular weight is 204 g/mol. The van der Waals surface area contributed by atoms with E-state index >= 15 is 0 Å². The highest BCUT2D eigenvalue weighted by Gasteiger charge is 2.42. The Bertz CT molecular complexity index is 305. The summed E-state index contributed by atoms with van der Waals surface area (Å²) in [7, 11) is 1.02. The van der Waals surface area contributed by atoms with Gasteiger partial charge in [0.05, 0.1) is 7.11 Å². The first kappa shape index (κ1) is 10.3. The van der Waals surface area contributed by atoms with E-state index in [1.165, 1.54) is 0 Å². The van der Waals surface area contributed by atoms with E-state index in [4.69, 9.17) is 15.3 Å². The maximum Gasteiger partial charge on any atom is 0.378 e. The summed E-state index contributed by atoms with van der Waals surface area (Å²) in [6.07, 6.45) is -3.46. The largest absolute Gasteiger partial charge is 0.505 e. The van der Waals surface area contributed by atoms with Crippen LogP contribution in [0.5, 0.6) is 0 Å². The van der Waals surface area contributed by atoms with E-state index in [2.05, 4.69) is 9.47 Å². The van der Waals surface area contributed by atoms with Crippen molar-refractivity contribution in [1.82, 2.24) is 0 Å². The molecule has 0 bridgehead atoms. The highest BCUT2D eigenvalue weighted by molar-refractivity contribution is 5.90. The van der Waals surface area contributed by atoms with Gasteiger partial charge in [-0.2, -0.15) is 0 Å². The van der Waals surface area contributed by atoms with Crippen molar-refractivity contribution in [2.75, 3.05) is 7.11 Å². The Morgan fingerprint density at radius 2 is 2.14 bits per heavy atom. The number of carbonyl (C=O) groups excluding carboxylic acids is 2. The van der Waals surface area contributed by atoms with Gasteiger partial charge < -0.3 is 24.8 Å². The van der Waals surface area contributed by atoms with Gasteiger partial charge in [-0.25, -0.2) is 9.59 Å². The lowest BCUT2D eigenvalue weighted by Crippen LogP contribution is -2.36. The fourth-order valence-electron chi connectivity index (χ4n) is 0.925. The topological polar surface area (TPSA) is 113 Å². The van der Waals surface area contributed by atoms with Crippen LogP contribution in [-0.4, -0.2) is 46.6 Å². The van der Waals surface area contributed by atoms with Crippen molar-refractivity contribution in [3.63, 3.8) is 0 Å². The second-order valence-electron chi connectivity index (χ2n) is 2.53. The molecular formula is C7H8O7. The fourth-order valence-corrected chi connectivity index (χ4v) is 0.925. The molecular weight excluding hydrogens is 196 g/mol. The molecule has 0 aliphatic carbocycles. The van der Waals surface area contributed by atoms with Gasteiger partial charge in [0.25, 0.3) is 0 Å². The smallest absolute Gasteiger partial charge is 0.378 e. The first-order chi connectivity index (χ1) is 6.49. The SMILES string of the molecule is COC(=O)C(O)C1OC(=O)C(O)=C1O. The molecule has 3 N–H and O–H groups in total. The molecule has 0 saturated carbocycles. The molecule has 0 fully saturated rings. The Labute approximate surface area is 78.2 Å². The van der Waals surface area contributed by atoms with Gasteiger partial charge in [-0.15, -0.1) is 0 Å². The molecule has 1 aliphatic rings. The molecule has 0 aromatic heterocycles. The molecule has 0 radical (unpaired) electrons. The van der Waals surface area contributed by atoms with Crippen LogP contribution in [0.4, 0.5) is 0 Å². The lowest BCUT2D eigenvalue weighted by molar-refractivity contribution is -0.162. The molecule has 0 saturated heterocycles. The molecule has 0 aromatic carbocycles. The van der Waals surface area contributed by atoms with Crippen molar-refractivity contribution >= 4 is 11.9 Å². The van der Waals surface area contributed by atoms with E-state index in [0.717, 1.165) is 7.11 Å². The minimum Gasteiger partial charge on any atom is -0.505 e. The number of hydrogen-bond acceptors (Lipinski definition) is 7. The third-order valence-electron chi connectivity index (χ3n) is 1.67. The van der Waals surface area contributed by atoms with Crippen molar-refractivity contribution < 1.29 is 34.4 Å². The van der Waals surface area contributed by atoms with Crippen LogP contribution in [0.25, 0.3) is 0 Å². The zero-order chi connectivity index (χ0) is 10.9. The van der Waals surface area contributed by atoms with Gasteiger partial charge in [-0.3, -0.25) is 0 Å². The van der Waals surface area contributed by atoms with Gasteiger partial charge in [-0.1, -0.05) is 0 Å². The Morgan fingerprint density at radius 3 is 2.50 bits per heavy atom. The standard InChI is InChI=1S/C7H8O7/c1-13-6(11)4(10)5-2(8)3(9)7(12)14-5/h4-5,8-10H,1H3. The number of methoxy groups -OCH3 is 1. The minimum absolute atomic E-state index is 0.882. The summed E-state index contributed by atoms with van der Waals surface area (Å²) in [5.41, 5.74) is 0. The number of rotatable bonds is 2. The summed E-state index contributed by atoms with van der Waals surface area (Å²) in [4.78, 5) is 21.4. The second-order valence-corrected chi connectivity index (χ2v) is 2.53. The second kappa shape index (κ2) is 3.54. The number of hydrogen-bond donors (Lipinski definition) is 3. The molecule has 7 heteroatoms. The van der Waals surface area contributed by atoms with E-state index in [1.807, 2.05) is 0 Å². The predicted molar refractivity (Wildman–Crippen MR) is 40.2 cm³/mol. The molecule has 1 heterocycles. The molecule has 7 nitrogen and oxygen atoms in total. The van der Waals surface area contributed by atoms with E-state index in [-0.39, 0.29) is 0 Å². The lowest BCUT2D eigenvalue weighted by Gasteiger charge is -2.14. The first-order valence-electron chi connectivity index (χ1n) is 3.58. The Kier molecular flexibility index (Phi) is 2.61. The first-order valence-corrected chi connectivity index (χ1v) is 3.58. The van der Waals surface area contributed by atoms with Crippen molar-refractivity contribution in [3.8, 4) is 0 Å². The van der Waals surface area contributed by atoms with Crippen molar-refractivity contribution in [1.29, 1.82) is 0 Å². The van der Waals surface area contributed by atoms with Crippen LogP contribution in [-0.2, 0) is 19.1 Å². The quantitative estimate of drug-likeness (QED) is 0.482. The summed E-state index contributed by atoms with van der Waals surface area (Å²) in [5, 5.41) is 27.1. The van der Waals surface area contributed by atoms with Crippen LogP contribution in [0, 0.1) is 0 Å². The summed E-state index contributed by atoms with van der Waals surface area (Å²) in [6.45, 7) is 0. The molecule has 2 unspecified atom stereocenters. The maximum atomic E-state index is 10.8. The number of cyclic esters (lactones) is 1. The Hall–Kier alpha value is -1.76. The number of carbonyl (C=O) groups is 2. The number of aliphatic hydroxyl groups excluding tert-OH is 3. The van der Waals surface area contributed by atoms with Gasteiger partial charge in [0.1, 0.15) is 0 Å². The molecule has 0 spiro atoms. The van der Waals surface area contributed by atoms with E-state index in [0.29, 0.717) is 0 Å². The molecule has 78 valence electrons. The zero-order valence-corrected chi connectivity index (χ0v) is 7.13. The predicted octanol–water partition coefficient (Wildman–Crippen LogP) is -1.23. The molecule has 0 amide bonds. The third kappa shape index (κ3) is 1.49. The van der Waals surface area contributed by atoms with Crippen molar-refractivity contribution in [2.45, 2.75) is 12.2 Å². The van der Waals surface area contributed by atoms with E-state index in [1.54, 1.807) is 0 Å². The summed E-state index contributed by atoms with van der Waals surface area (Å²) in [6, 6.07) is 0. The van der Waals surface area contributed by atoms with Gasteiger partial charge in [0.2, 0.25) is 5.76 Å². The van der Waals surface area contributed by atoms with Gasteiger partial charge in [-0.05, 0) is 0 Å². The number of ether oxygens (including phenoxy) is 2. The van der Waals surface area contributed by atoms with E-state index < -0.39 is 35.7 Å². The van der Waals surface area contributed by atoms with Gasteiger partial charge in [0, 0.05) is 0 Å². The fraction of sp³-hybridized carbons (Fsp3) is 0.429. The monoisotopic (exact) mass is 204 g/mol. The minimum atomic E-state index is -1.85. The van der Waals surface area contributed by atoms with Crippen LogP contribution in [0.1, 0.15) is 0 Å². The molecule has 1 rings (SSSR count). The van der Waals surface area contributed by atoms with Gasteiger partial charge in [0.15, 0.2) is 18.0 Å². The van der Waals surface area contributed by atoms with Crippen LogP contribution in [0.3, 0.4) is 0 Å². The van der Waals surface area contributed by atoms with Gasteiger partial charge >= 0.3 is 11.9 Å². The molecule has 1 aliphatic heterocycles. The van der Waals surface area contributed by atoms with Crippen LogP contribution < -0.4 is 0 Å². The number of esters is 2. The normalized spacial score (nSPS) is 23.3. The molecule has 14 heavy (non-hydrogen) atoms. The summed E-state index contributed by atoms with van der Waals surface area (Å²) in [5.74, 6) is -4.18. The highest BCUT2D eigenvalue weighted by Crippen LogP contribution is 2.21. The third-order valence-corrected chi connectivity index (χ3v) is 1.67. The van der Waals surface area contributed by atoms with Crippen LogP contribution >= 0.6 is 0 Å². The number of aliphatic hydroxyl groups is 3. The maximum absolute atomic E-state index is 10.8. The van der Waals surface area contributed by atoms with Crippen molar-refractivity contribution in [2.24, 2.45) is 0 Å². The summed E-state index contributed by atoms with van der Waals surface area (Å²) < 4.78 is 8.45. The Morgan fingerprint density at radius 1 is 1.57 bits per heavy atom. The Balaban J connectivity index is 2.83. The highest BCUT2D eigenvalue weighted by atomic mass is 16.6. The summed E-state index contributed by atoms with van der Waals surface area (Å²) >= 11 is 0. The molecule has 2 atom stereocenters. The molecule has 0 aromatic rings.